The first-order valence-electron chi connectivity index (χ1n) is 7.29. The van der Waals surface area contributed by atoms with Crippen molar-refractivity contribution >= 4 is 15.9 Å². The van der Waals surface area contributed by atoms with Crippen LogP contribution in [0.4, 0.5) is 0 Å². The van der Waals surface area contributed by atoms with Crippen molar-refractivity contribution in [1.29, 1.82) is 0 Å². The maximum Gasteiger partial charge on any atom is 0.0705 e. The van der Waals surface area contributed by atoms with Gasteiger partial charge in [-0.3, -0.25) is 4.98 Å². The van der Waals surface area contributed by atoms with Gasteiger partial charge in [0.15, 0.2) is 0 Å². The summed E-state index contributed by atoms with van der Waals surface area (Å²) in [6.45, 7) is 8.48. The van der Waals surface area contributed by atoms with Gasteiger partial charge in [0.25, 0.3) is 0 Å². The SMILES string of the molecule is Cc1nc(C)c(CC(C)C)c(-c2cccc(Br)c2)c1CO. The Labute approximate surface area is 135 Å². The molecule has 0 unspecified atom stereocenters. The molecule has 3 heteroatoms. The number of hydrogen-bond donors (Lipinski definition) is 1. The highest BCUT2D eigenvalue weighted by molar-refractivity contribution is 9.10. The van der Waals surface area contributed by atoms with E-state index in [1.807, 2.05) is 19.1 Å². The van der Waals surface area contributed by atoms with E-state index in [9.17, 15) is 5.11 Å². The van der Waals surface area contributed by atoms with Crippen LogP contribution < -0.4 is 0 Å². The number of aryl methyl sites for hydroxylation is 2. The van der Waals surface area contributed by atoms with Crippen LogP contribution in [0.3, 0.4) is 0 Å². The van der Waals surface area contributed by atoms with Crippen LogP contribution in [-0.4, -0.2) is 10.1 Å². The van der Waals surface area contributed by atoms with Gasteiger partial charge in [-0.25, -0.2) is 0 Å². The van der Waals surface area contributed by atoms with Crippen LogP contribution in [0.2, 0.25) is 0 Å². The minimum absolute atomic E-state index is 0.0199. The van der Waals surface area contributed by atoms with Crippen molar-refractivity contribution in [2.24, 2.45) is 5.92 Å². The molecule has 0 saturated carbocycles. The number of benzene rings is 1. The van der Waals surface area contributed by atoms with Gasteiger partial charge in [0.2, 0.25) is 0 Å². The van der Waals surface area contributed by atoms with Crippen molar-refractivity contribution in [2.45, 2.75) is 40.7 Å². The zero-order chi connectivity index (χ0) is 15.6. The maximum absolute atomic E-state index is 9.83. The van der Waals surface area contributed by atoms with Crippen LogP contribution in [0, 0.1) is 19.8 Å². The Kier molecular flexibility index (Phi) is 5.17. The van der Waals surface area contributed by atoms with Gasteiger partial charge in [-0.05, 0) is 55.0 Å². The van der Waals surface area contributed by atoms with E-state index in [4.69, 9.17) is 0 Å². The molecule has 0 aliphatic carbocycles. The fourth-order valence-corrected chi connectivity index (χ4v) is 3.17. The molecule has 0 saturated heterocycles. The molecule has 21 heavy (non-hydrogen) atoms. The minimum atomic E-state index is 0.0199. The molecular weight excluding hydrogens is 326 g/mol. The van der Waals surface area contributed by atoms with Crippen LogP contribution in [0.1, 0.15) is 36.4 Å². The largest absolute Gasteiger partial charge is 0.392 e. The number of halogens is 1. The lowest BCUT2D eigenvalue weighted by Gasteiger charge is -2.20. The third kappa shape index (κ3) is 3.53. The molecule has 1 aromatic heterocycles. The summed E-state index contributed by atoms with van der Waals surface area (Å²) in [5.74, 6) is 0.547. The molecule has 1 heterocycles. The number of aromatic nitrogens is 1. The molecule has 2 aromatic rings. The maximum atomic E-state index is 9.83. The summed E-state index contributed by atoms with van der Waals surface area (Å²) in [6.07, 6.45) is 0.966. The summed E-state index contributed by atoms with van der Waals surface area (Å²) >= 11 is 3.54. The summed E-state index contributed by atoms with van der Waals surface area (Å²) < 4.78 is 1.05. The first kappa shape index (κ1) is 16.2. The monoisotopic (exact) mass is 347 g/mol. The standard InChI is InChI=1S/C18H22BrNO/c1-11(2)8-16-12(3)20-13(4)17(10-21)18(16)14-6-5-7-15(19)9-14/h5-7,9,11,21H,8,10H2,1-4H3. The van der Waals surface area contributed by atoms with E-state index in [1.165, 1.54) is 5.56 Å². The summed E-state index contributed by atoms with van der Waals surface area (Å²) in [5.41, 5.74) is 6.45. The molecule has 0 radical (unpaired) electrons. The highest BCUT2D eigenvalue weighted by atomic mass is 79.9. The van der Waals surface area contributed by atoms with Crippen molar-refractivity contribution in [2.75, 3.05) is 0 Å². The minimum Gasteiger partial charge on any atom is -0.392 e. The fourth-order valence-electron chi connectivity index (χ4n) is 2.77. The highest BCUT2D eigenvalue weighted by Gasteiger charge is 2.17. The predicted molar refractivity (Wildman–Crippen MR) is 91.3 cm³/mol. The second-order valence-electron chi connectivity index (χ2n) is 5.88. The topological polar surface area (TPSA) is 33.1 Å². The van der Waals surface area contributed by atoms with E-state index >= 15 is 0 Å². The van der Waals surface area contributed by atoms with Gasteiger partial charge < -0.3 is 5.11 Å². The fraction of sp³-hybridized carbons (Fsp3) is 0.389. The number of rotatable bonds is 4. The van der Waals surface area contributed by atoms with Gasteiger partial charge in [0.1, 0.15) is 0 Å². The Hall–Kier alpha value is -1.19. The van der Waals surface area contributed by atoms with Crippen molar-refractivity contribution in [1.82, 2.24) is 4.98 Å². The second kappa shape index (κ2) is 6.71. The zero-order valence-electron chi connectivity index (χ0n) is 13.1. The van der Waals surface area contributed by atoms with Gasteiger partial charge in [0.05, 0.1) is 6.61 Å². The smallest absolute Gasteiger partial charge is 0.0705 e. The van der Waals surface area contributed by atoms with E-state index in [2.05, 4.69) is 53.8 Å². The quantitative estimate of drug-likeness (QED) is 0.859. The van der Waals surface area contributed by atoms with E-state index in [1.54, 1.807) is 0 Å². The Bertz CT molecular complexity index is 650. The average molecular weight is 348 g/mol. The predicted octanol–water partition coefficient (Wildman–Crippen LogP) is 4.82. The Morgan fingerprint density at radius 1 is 1.14 bits per heavy atom. The molecule has 1 N–H and O–H groups in total. The van der Waals surface area contributed by atoms with Crippen LogP contribution in [0.15, 0.2) is 28.7 Å². The van der Waals surface area contributed by atoms with Crippen LogP contribution in [0.25, 0.3) is 11.1 Å². The summed E-state index contributed by atoms with van der Waals surface area (Å²) in [6, 6.07) is 8.26. The van der Waals surface area contributed by atoms with E-state index in [-0.39, 0.29) is 6.61 Å². The molecule has 2 rings (SSSR count). The third-order valence-electron chi connectivity index (χ3n) is 3.70. The molecule has 2 nitrogen and oxygen atoms in total. The summed E-state index contributed by atoms with van der Waals surface area (Å²) in [4.78, 5) is 4.63. The number of hydrogen-bond acceptors (Lipinski definition) is 2. The van der Waals surface area contributed by atoms with Crippen LogP contribution >= 0.6 is 15.9 Å². The lowest BCUT2D eigenvalue weighted by Crippen LogP contribution is -2.08. The molecule has 0 atom stereocenters. The number of nitrogens with zero attached hydrogens (tertiary/aromatic N) is 1. The van der Waals surface area contributed by atoms with E-state index in [0.717, 1.165) is 39.0 Å². The normalized spacial score (nSPS) is 11.2. The lowest BCUT2D eigenvalue weighted by molar-refractivity contribution is 0.281. The molecule has 0 aliphatic rings. The Morgan fingerprint density at radius 3 is 2.38 bits per heavy atom. The Morgan fingerprint density at radius 2 is 1.81 bits per heavy atom. The van der Waals surface area contributed by atoms with Gasteiger partial charge in [-0.15, -0.1) is 0 Å². The third-order valence-corrected chi connectivity index (χ3v) is 4.19. The number of aliphatic hydroxyl groups is 1. The zero-order valence-corrected chi connectivity index (χ0v) is 14.7. The number of pyridine rings is 1. The van der Waals surface area contributed by atoms with Gasteiger partial charge in [0, 0.05) is 21.4 Å². The lowest BCUT2D eigenvalue weighted by atomic mass is 9.88. The molecule has 0 bridgehead atoms. The first-order chi connectivity index (χ1) is 9.93. The van der Waals surface area contributed by atoms with Gasteiger partial charge >= 0.3 is 0 Å². The average Bonchev–Trinajstić information content (AvgIpc) is 2.41. The highest BCUT2D eigenvalue weighted by Crippen LogP contribution is 2.34. The van der Waals surface area contributed by atoms with Crippen LogP contribution in [-0.2, 0) is 13.0 Å². The molecular formula is C18H22BrNO. The molecule has 0 spiro atoms. The summed E-state index contributed by atoms with van der Waals surface area (Å²) in [5, 5.41) is 9.83. The first-order valence-corrected chi connectivity index (χ1v) is 8.09. The van der Waals surface area contributed by atoms with Crippen molar-refractivity contribution in [3.8, 4) is 11.1 Å². The van der Waals surface area contributed by atoms with Gasteiger partial charge in [-0.2, -0.15) is 0 Å². The number of aliphatic hydroxyl groups excluding tert-OH is 1. The molecule has 0 fully saturated rings. The second-order valence-corrected chi connectivity index (χ2v) is 6.80. The van der Waals surface area contributed by atoms with Gasteiger partial charge in [-0.1, -0.05) is 41.9 Å². The molecule has 0 amide bonds. The van der Waals surface area contributed by atoms with Crippen molar-refractivity contribution in [3.05, 3.63) is 51.3 Å². The molecule has 112 valence electrons. The van der Waals surface area contributed by atoms with Crippen molar-refractivity contribution in [3.63, 3.8) is 0 Å². The van der Waals surface area contributed by atoms with E-state index < -0.39 is 0 Å². The summed E-state index contributed by atoms with van der Waals surface area (Å²) in [7, 11) is 0. The molecule has 1 aromatic carbocycles. The van der Waals surface area contributed by atoms with Crippen molar-refractivity contribution < 1.29 is 5.11 Å². The molecule has 0 aliphatic heterocycles. The van der Waals surface area contributed by atoms with E-state index in [0.29, 0.717) is 5.92 Å². The van der Waals surface area contributed by atoms with Crippen LogP contribution in [0.5, 0.6) is 0 Å². The Balaban J connectivity index is 2.75.